The zero-order chi connectivity index (χ0) is 17.3. The second-order valence-electron chi connectivity index (χ2n) is 7.72. The van der Waals surface area contributed by atoms with E-state index in [4.69, 9.17) is 9.47 Å². The predicted octanol–water partition coefficient (Wildman–Crippen LogP) is 3.47. The molecule has 0 bridgehead atoms. The zero-order valence-corrected chi connectivity index (χ0v) is 15.6. The molecular formula is C18H36N2O3. The first kappa shape index (κ1) is 20.2. The van der Waals surface area contributed by atoms with Crippen LogP contribution in [-0.4, -0.2) is 44.0 Å². The third-order valence-electron chi connectivity index (χ3n) is 4.37. The lowest BCUT2D eigenvalue weighted by molar-refractivity contribution is 0.0525. The van der Waals surface area contributed by atoms with E-state index in [-0.39, 0.29) is 6.09 Å². The number of rotatable bonds is 9. The quantitative estimate of drug-likeness (QED) is 0.636. The molecule has 2 atom stereocenters. The Kier molecular flexibility index (Phi) is 8.92. The second kappa shape index (κ2) is 10.1. The van der Waals surface area contributed by atoms with Gasteiger partial charge in [-0.25, -0.2) is 4.79 Å². The minimum atomic E-state index is -0.444. The number of hydrogen-bond donors (Lipinski definition) is 2. The number of amides is 1. The Hall–Kier alpha value is -0.810. The molecule has 1 saturated carbocycles. The fourth-order valence-electron chi connectivity index (χ4n) is 3.23. The molecule has 1 aliphatic carbocycles. The molecular weight excluding hydrogens is 292 g/mol. The molecule has 5 nitrogen and oxygen atoms in total. The summed E-state index contributed by atoms with van der Waals surface area (Å²) >= 11 is 0. The Labute approximate surface area is 141 Å². The van der Waals surface area contributed by atoms with Crippen LogP contribution in [0.5, 0.6) is 0 Å². The van der Waals surface area contributed by atoms with Crippen molar-refractivity contribution in [2.24, 2.45) is 5.92 Å². The van der Waals surface area contributed by atoms with Gasteiger partial charge in [0.1, 0.15) is 5.60 Å². The number of alkyl carbamates (subject to hydrolysis) is 1. The summed E-state index contributed by atoms with van der Waals surface area (Å²) in [6.45, 7) is 9.25. The smallest absolute Gasteiger partial charge is 0.407 e. The zero-order valence-electron chi connectivity index (χ0n) is 15.6. The van der Waals surface area contributed by atoms with E-state index in [1.54, 1.807) is 7.11 Å². The minimum absolute atomic E-state index is 0.340. The number of carbonyl (C=O) groups excluding carboxylic acids is 1. The van der Waals surface area contributed by atoms with Crippen molar-refractivity contribution < 1.29 is 14.3 Å². The topological polar surface area (TPSA) is 59.6 Å². The van der Waals surface area contributed by atoms with Crippen LogP contribution in [0.25, 0.3) is 0 Å². The summed E-state index contributed by atoms with van der Waals surface area (Å²) in [5.74, 6) is 0.800. The van der Waals surface area contributed by atoms with Crippen LogP contribution in [0.2, 0.25) is 0 Å². The number of ether oxygens (including phenoxy) is 2. The maximum Gasteiger partial charge on any atom is 0.407 e. The van der Waals surface area contributed by atoms with Gasteiger partial charge in [-0.2, -0.15) is 0 Å². The number of carbonyl (C=O) groups is 1. The summed E-state index contributed by atoms with van der Waals surface area (Å²) in [7, 11) is 1.74. The van der Waals surface area contributed by atoms with Crippen molar-refractivity contribution in [1.29, 1.82) is 0 Å². The number of hydrogen-bond acceptors (Lipinski definition) is 4. The first-order chi connectivity index (χ1) is 10.8. The average Bonchev–Trinajstić information content (AvgIpc) is 2.95. The van der Waals surface area contributed by atoms with Crippen molar-refractivity contribution in [3.05, 3.63) is 0 Å². The Bertz CT molecular complexity index is 336. The van der Waals surface area contributed by atoms with Crippen LogP contribution >= 0.6 is 0 Å². The van der Waals surface area contributed by atoms with E-state index in [0.29, 0.717) is 25.2 Å². The van der Waals surface area contributed by atoms with Crippen molar-refractivity contribution in [3.63, 3.8) is 0 Å². The van der Waals surface area contributed by atoms with Gasteiger partial charge in [-0.3, -0.25) is 0 Å². The maximum atomic E-state index is 11.6. The standard InChI is InChI=1S/C18H36N2O3/c1-14(15-9-6-7-10-15)20-16(13-22-5)11-8-12-19-17(21)23-18(2,3)4/h14-16,20H,6-13H2,1-5H3,(H,19,21). The SMILES string of the molecule is COCC(CCCNC(=O)OC(C)(C)C)NC(C)C1CCCC1. The molecule has 1 fully saturated rings. The van der Waals surface area contributed by atoms with Crippen molar-refractivity contribution in [3.8, 4) is 0 Å². The molecule has 0 aliphatic heterocycles. The summed E-state index contributed by atoms with van der Waals surface area (Å²) in [4.78, 5) is 11.6. The normalized spacial score (nSPS) is 18.7. The fraction of sp³-hybridized carbons (Fsp3) is 0.944. The van der Waals surface area contributed by atoms with Crippen LogP contribution < -0.4 is 10.6 Å². The van der Waals surface area contributed by atoms with Crippen LogP contribution in [0.15, 0.2) is 0 Å². The van der Waals surface area contributed by atoms with E-state index in [0.717, 1.165) is 18.8 Å². The summed E-state index contributed by atoms with van der Waals surface area (Å²) in [5, 5.41) is 6.53. The first-order valence-electron chi connectivity index (χ1n) is 9.03. The molecule has 23 heavy (non-hydrogen) atoms. The van der Waals surface area contributed by atoms with Gasteiger partial charge in [0.2, 0.25) is 0 Å². The molecule has 0 radical (unpaired) electrons. The third-order valence-corrected chi connectivity index (χ3v) is 4.37. The lowest BCUT2D eigenvalue weighted by Crippen LogP contribution is -2.43. The summed E-state index contributed by atoms with van der Waals surface area (Å²) < 4.78 is 10.6. The van der Waals surface area contributed by atoms with Gasteiger partial charge >= 0.3 is 6.09 Å². The highest BCUT2D eigenvalue weighted by Crippen LogP contribution is 2.27. The van der Waals surface area contributed by atoms with Crippen molar-refractivity contribution >= 4 is 6.09 Å². The first-order valence-corrected chi connectivity index (χ1v) is 9.03. The highest BCUT2D eigenvalue weighted by Gasteiger charge is 2.23. The van der Waals surface area contributed by atoms with Gasteiger partial charge in [0.15, 0.2) is 0 Å². The van der Waals surface area contributed by atoms with Gasteiger partial charge in [0, 0.05) is 25.7 Å². The highest BCUT2D eigenvalue weighted by molar-refractivity contribution is 5.67. The van der Waals surface area contributed by atoms with Crippen LogP contribution in [0.4, 0.5) is 4.79 Å². The van der Waals surface area contributed by atoms with E-state index in [9.17, 15) is 4.79 Å². The van der Waals surface area contributed by atoms with Gasteiger partial charge in [-0.15, -0.1) is 0 Å². The highest BCUT2D eigenvalue weighted by atomic mass is 16.6. The lowest BCUT2D eigenvalue weighted by atomic mass is 9.98. The third kappa shape index (κ3) is 9.16. The molecule has 1 amide bonds. The second-order valence-corrected chi connectivity index (χ2v) is 7.72. The molecule has 0 heterocycles. The molecule has 5 heteroatoms. The molecule has 0 aromatic rings. The molecule has 0 saturated heterocycles. The van der Waals surface area contributed by atoms with E-state index in [2.05, 4.69) is 17.6 Å². The van der Waals surface area contributed by atoms with Crippen LogP contribution in [0, 0.1) is 5.92 Å². The Morgan fingerprint density at radius 3 is 2.48 bits per heavy atom. The Balaban J connectivity index is 2.23. The van der Waals surface area contributed by atoms with Crippen LogP contribution in [0.3, 0.4) is 0 Å². The van der Waals surface area contributed by atoms with Crippen LogP contribution in [-0.2, 0) is 9.47 Å². The van der Waals surface area contributed by atoms with Gasteiger partial charge in [-0.1, -0.05) is 12.8 Å². The number of methoxy groups -OCH3 is 1. The van der Waals surface area contributed by atoms with Crippen molar-refractivity contribution in [2.45, 2.75) is 83.9 Å². The van der Waals surface area contributed by atoms with Crippen LogP contribution in [0.1, 0.15) is 66.2 Å². The van der Waals surface area contributed by atoms with Gasteiger partial charge in [0.05, 0.1) is 6.61 Å². The van der Waals surface area contributed by atoms with E-state index < -0.39 is 5.60 Å². The summed E-state index contributed by atoms with van der Waals surface area (Å²) in [6.07, 6.45) is 6.98. The fourth-order valence-corrected chi connectivity index (χ4v) is 3.23. The molecule has 0 aromatic heterocycles. The largest absolute Gasteiger partial charge is 0.444 e. The molecule has 0 spiro atoms. The molecule has 1 aliphatic rings. The molecule has 136 valence electrons. The Morgan fingerprint density at radius 1 is 1.26 bits per heavy atom. The van der Waals surface area contributed by atoms with Gasteiger partial charge in [-0.05, 0) is 59.3 Å². The molecule has 2 N–H and O–H groups in total. The summed E-state index contributed by atoms with van der Waals surface area (Å²) in [5.41, 5.74) is -0.444. The Morgan fingerprint density at radius 2 is 1.91 bits per heavy atom. The average molecular weight is 328 g/mol. The monoisotopic (exact) mass is 328 g/mol. The number of nitrogens with one attached hydrogen (secondary N) is 2. The van der Waals surface area contributed by atoms with E-state index >= 15 is 0 Å². The molecule has 2 unspecified atom stereocenters. The lowest BCUT2D eigenvalue weighted by Gasteiger charge is -2.27. The maximum absolute atomic E-state index is 11.6. The van der Waals surface area contributed by atoms with E-state index in [1.807, 2.05) is 20.8 Å². The minimum Gasteiger partial charge on any atom is -0.444 e. The molecule has 0 aromatic carbocycles. The van der Waals surface area contributed by atoms with Gasteiger partial charge in [0.25, 0.3) is 0 Å². The van der Waals surface area contributed by atoms with Crippen molar-refractivity contribution in [2.75, 3.05) is 20.3 Å². The summed E-state index contributed by atoms with van der Waals surface area (Å²) in [6, 6.07) is 0.882. The molecule has 1 rings (SSSR count). The van der Waals surface area contributed by atoms with E-state index in [1.165, 1.54) is 25.7 Å². The van der Waals surface area contributed by atoms with Crippen molar-refractivity contribution in [1.82, 2.24) is 10.6 Å². The predicted molar refractivity (Wildman–Crippen MR) is 93.7 cm³/mol. The van der Waals surface area contributed by atoms with Gasteiger partial charge < -0.3 is 20.1 Å².